The second-order valence-corrected chi connectivity index (χ2v) is 16.6. The lowest BCUT2D eigenvalue weighted by atomic mass is 10.0. The van der Waals surface area contributed by atoms with Crippen LogP contribution >= 0.6 is 0 Å². The number of carbonyl (C=O) groups excluding carboxylic acids is 3. The van der Waals surface area contributed by atoms with Gasteiger partial charge in [0.25, 0.3) is 0 Å². The Balaban J connectivity index is 4.23. The molecule has 0 radical (unpaired) electrons. The van der Waals surface area contributed by atoms with Crippen molar-refractivity contribution in [3.8, 4) is 0 Å². The number of hydrogen-bond donors (Lipinski definition) is 0. The van der Waals surface area contributed by atoms with Crippen molar-refractivity contribution in [3.63, 3.8) is 0 Å². The van der Waals surface area contributed by atoms with Crippen LogP contribution in [0.5, 0.6) is 0 Å². The molecule has 6 heteroatoms. The minimum Gasteiger partial charge on any atom is -0.462 e. The van der Waals surface area contributed by atoms with Gasteiger partial charge in [0.05, 0.1) is 0 Å². The fourth-order valence-electron chi connectivity index (χ4n) is 6.75. The van der Waals surface area contributed by atoms with E-state index in [1.807, 2.05) is 0 Å². The summed E-state index contributed by atoms with van der Waals surface area (Å²) in [5, 5.41) is 0. The minimum absolute atomic E-state index is 0.0654. The van der Waals surface area contributed by atoms with Crippen molar-refractivity contribution in [2.24, 2.45) is 11.8 Å². The average molecular weight is 737 g/mol. The van der Waals surface area contributed by atoms with E-state index in [1.165, 1.54) is 135 Å². The third-order valence-corrected chi connectivity index (χ3v) is 10.2. The zero-order chi connectivity index (χ0) is 38.3. The summed E-state index contributed by atoms with van der Waals surface area (Å²) < 4.78 is 16.7. The van der Waals surface area contributed by atoms with Crippen LogP contribution < -0.4 is 0 Å². The summed E-state index contributed by atoms with van der Waals surface area (Å²) in [6.45, 7) is 11.3. The van der Waals surface area contributed by atoms with Gasteiger partial charge < -0.3 is 14.2 Å². The van der Waals surface area contributed by atoms with Crippen LogP contribution in [0.25, 0.3) is 0 Å². The summed E-state index contributed by atoms with van der Waals surface area (Å²) in [6, 6.07) is 0. The van der Waals surface area contributed by atoms with Gasteiger partial charge in [-0.1, -0.05) is 208 Å². The van der Waals surface area contributed by atoms with E-state index in [2.05, 4.69) is 34.6 Å². The van der Waals surface area contributed by atoms with Gasteiger partial charge in [-0.15, -0.1) is 0 Å². The van der Waals surface area contributed by atoms with E-state index < -0.39 is 6.10 Å². The summed E-state index contributed by atoms with van der Waals surface area (Å²) >= 11 is 0. The number of unbranched alkanes of at least 4 members (excludes halogenated alkanes) is 25. The number of rotatable bonds is 40. The molecule has 0 aliphatic rings. The smallest absolute Gasteiger partial charge is 0.306 e. The molecule has 0 bridgehead atoms. The Morgan fingerprint density at radius 1 is 0.365 bits per heavy atom. The van der Waals surface area contributed by atoms with Crippen LogP contribution in [-0.4, -0.2) is 37.2 Å². The first-order valence-corrected chi connectivity index (χ1v) is 22.7. The van der Waals surface area contributed by atoms with Crippen LogP contribution in [0.3, 0.4) is 0 Å². The molecule has 0 aliphatic heterocycles. The summed E-state index contributed by atoms with van der Waals surface area (Å²) in [6.07, 6.45) is 36.7. The van der Waals surface area contributed by atoms with Crippen LogP contribution in [0.1, 0.15) is 247 Å². The highest BCUT2D eigenvalue weighted by molar-refractivity contribution is 5.71. The Hall–Kier alpha value is -1.59. The molecule has 0 spiro atoms. The fourth-order valence-corrected chi connectivity index (χ4v) is 6.75. The summed E-state index contributed by atoms with van der Waals surface area (Å²) in [4.78, 5) is 37.6. The topological polar surface area (TPSA) is 78.9 Å². The van der Waals surface area contributed by atoms with Crippen molar-refractivity contribution in [2.45, 2.75) is 253 Å². The van der Waals surface area contributed by atoms with Crippen LogP contribution in [0.4, 0.5) is 0 Å². The van der Waals surface area contributed by atoms with E-state index in [0.717, 1.165) is 69.6 Å². The van der Waals surface area contributed by atoms with Gasteiger partial charge in [0, 0.05) is 19.3 Å². The monoisotopic (exact) mass is 737 g/mol. The fraction of sp³-hybridized carbons (Fsp3) is 0.935. The van der Waals surface area contributed by atoms with Gasteiger partial charge in [-0.2, -0.15) is 0 Å². The molecule has 0 heterocycles. The molecule has 0 aromatic carbocycles. The molecular formula is C46H88O6. The lowest BCUT2D eigenvalue weighted by Gasteiger charge is -2.18. The summed E-state index contributed by atoms with van der Waals surface area (Å²) in [5.74, 6) is 0.778. The second-order valence-electron chi connectivity index (χ2n) is 16.6. The Morgan fingerprint density at radius 3 is 0.942 bits per heavy atom. The molecule has 0 unspecified atom stereocenters. The molecule has 0 aliphatic carbocycles. The Labute approximate surface area is 323 Å². The highest BCUT2D eigenvalue weighted by atomic mass is 16.6. The number of hydrogen-bond acceptors (Lipinski definition) is 6. The van der Waals surface area contributed by atoms with Crippen LogP contribution in [0.15, 0.2) is 0 Å². The van der Waals surface area contributed by atoms with Gasteiger partial charge in [0.15, 0.2) is 6.10 Å². The van der Waals surface area contributed by atoms with Gasteiger partial charge >= 0.3 is 17.9 Å². The molecule has 52 heavy (non-hydrogen) atoms. The molecule has 0 N–H and O–H groups in total. The van der Waals surface area contributed by atoms with Crippen molar-refractivity contribution in [3.05, 3.63) is 0 Å². The molecule has 0 aromatic heterocycles. The predicted octanol–water partition coefficient (Wildman–Crippen LogP) is 14.2. The second kappa shape index (κ2) is 39.1. The van der Waals surface area contributed by atoms with E-state index >= 15 is 0 Å². The van der Waals surface area contributed by atoms with Crippen molar-refractivity contribution in [2.75, 3.05) is 13.2 Å². The zero-order valence-corrected chi connectivity index (χ0v) is 35.4. The quantitative estimate of drug-likeness (QED) is 0.0354. The first-order valence-electron chi connectivity index (χ1n) is 22.7. The number of ether oxygens (including phenoxy) is 3. The lowest BCUT2D eigenvalue weighted by molar-refractivity contribution is -0.167. The van der Waals surface area contributed by atoms with Gasteiger partial charge in [-0.25, -0.2) is 0 Å². The van der Waals surface area contributed by atoms with Crippen molar-refractivity contribution >= 4 is 17.9 Å². The van der Waals surface area contributed by atoms with Crippen molar-refractivity contribution < 1.29 is 28.6 Å². The maximum atomic E-state index is 12.6. The SMILES string of the molecule is CCCCCCCCCC(=O)O[C@H](COC(=O)CCCCCCCCCCCCCCC(C)C)COC(=O)CCCCCCCCCCCC(C)C. The normalized spacial score (nSPS) is 12.1. The Morgan fingerprint density at radius 2 is 0.635 bits per heavy atom. The Bertz CT molecular complexity index is 794. The van der Waals surface area contributed by atoms with Gasteiger partial charge in [0.1, 0.15) is 13.2 Å². The van der Waals surface area contributed by atoms with Crippen LogP contribution in [-0.2, 0) is 28.6 Å². The first kappa shape index (κ1) is 50.4. The Kier molecular flexibility index (Phi) is 37.9. The van der Waals surface area contributed by atoms with E-state index in [9.17, 15) is 14.4 Å². The van der Waals surface area contributed by atoms with Crippen molar-refractivity contribution in [1.82, 2.24) is 0 Å². The molecular weight excluding hydrogens is 649 g/mol. The molecule has 0 saturated heterocycles. The van der Waals surface area contributed by atoms with E-state index in [-0.39, 0.29) is 31.1 Å². The highest BCUT2D eigenvalue weighted by Crippen LogP contribution is 2.16. The van der Waals surface area contributed by atoms with Gasteiger partial charge in [-0.3, -0.25) is 14.4 Å². The van der Waals surface area contributed by atoms with E-state index in [0.29, 0.717) is 19.3 Å². The van der Waals surface area contributed by atoms with Crippen LogP contribution in [0.2, 0.25) is 0 Å². The predicted molar refractivity (Wildman–Crippen MR) is 220 cm³/mol. The maximum Gasteiger partial charge on any atom is 0.306 e. The number of carbonyl (C=O) groups is 3. The minimum atomic E-state index is -0.759. The van der Waals surface area contributed by atoms with Gasteiger partial charge in [0.2, 0.25) is 0 Å². The largest absolute Gasteiger partial charge is 0.462 e. The molecule has 0 rings (SSSR count). The molecule has 0 fully saturated rings. The molecule has 1 atom stereocenters. The summed E-state index contributed by atoms with van der Waals surface area (Å²) in [5.41, 5.74) is 0. The van der Waals surface area contributed by atoms with E-state index in [4.69, 9.17) is 14.2 Å². The third-order valence-electron chi connectivity index (χ3n) is 10.2. The molecule has 0 saturated carbocycles. The zero-order valence-electron chi connectivity index (χ0n) is 35.4. The van der Waals surface area contributed by atoms with Gasteiger partial charge in [-0.05, 0) is 31.1 Å². The molecule has 0 amide bonds. The molecule has 0 aromatic rings. The standard InChI is InChI=1S/C46H88O6/c1-6-7-8-9-19-28-33-38-46(49)52-43(40-51-45(48)37-32-27-23-18-14-16-21-25-30-35-42(4)5)39-50-44(47)36-31-26-22-17-13-11-10-12-15-20-24-29-34-41(2)3/h41-43H,6-40H2,1-5H3/t43-/m1/s1. The molecule has 308 valence electrons. The van der Waals surface area contributed by atoms with Crippen molar-refractivity contribution in [1.29, 1.82) is 0 Å². The third kappa shape index (κ3) is 39.6. The van der Waals surface area contributed by atoms with Crippen LogP contribution in [0, 0.1) is 11.8 Å². The highest BCUT2D eigenvalue weighted by Gasteiger charge is 2.19. The lowest BCUT2D eigenvalue weighted by Crippen LogP contribution is -2.30. The van der Waals surface area contributed by atoms with E-state index in [1.54, 1.807) is 0 Å². The number of esters is 3. The first-order chi connectivity index (χ1) is 25.2. The average Bonchev–Trinajstić information content (AvgIpc) is 3.11. The summed E-state index contributed by atoms with van der Waals surface area (Å²) in [7, 11) is 0. The maximum absolute atomic E-state index is 12.6. The molecule has 6 nitrogen and oxygen atoms in total.